The van der Waals surface area contributed by atoms with Crippen molar-refractivity contribution >= 4 is 5.91 Å². The average Bonchev–Trinajstić information content (AvgIpc) is 2.42. The van der Waals surface area contributed by atoms with Crippen LogP contribution in [0.1, 0.15) is 39.5 Å². The van der Waals surface area contributed by atoms with Crippen molar-refractivity contribution in [1.29, 1.82) is 0 Å². The minimum Gasteiger partial charge on any atom is -0.393 e. The maximum absolute atomic E-state index is 12.1. The Morgan fingerprint density at radius 2 is 2.12 bits per heavy atom. The molecule has 1 saturated carbocycles. The molecule has 2 atom stereocenters. The number of aliphatic hydroxyl groups excluding tert-OH is 1. The summed E-state index contributed by atoms with van der Waals surface area (Å²) in [4.78, 5) is 12.1. The van der Waals surface area contributed by atoms with E-state index in [-0.39, 0.29) is 12.5 Å². The number of hydrogen-bond acceptors (Lipinski definition) is 3. The Morgan fingerprint density at radius 1 is 1.44 bits per heavy atom. The molecule has 0 aromatic carbocycles. The Kier molecular flexibility index (Phi) is 2.55. The number of aliphatic hydroxyl groups is 1. The topological polar surface area (TPSA) is 58.6 Å². The zero-order valence-corrected chi connectivity index (χ0v) is 10.3. The number of fused-ring (bicyclic) bond motifs is 2. The SMILES string of the molecule is CNC(=O)[C@]12CCC[C@](CO)(C1)OC2(C)C. The number of carbonyl (C=O) groups excluding carboxylic acids is 1. The molecule has 0 aromatic heterocycles. The van der Waals surface area contributed by atoms with Gasteiger partial charge < -0.3 is 15.2 Å². The van der Waals surface area contributed by atoms with Crippen LogP contribution in [0, 0.1) is 5.41 Å². The Bertz CT molecular complexity index is 315. The molecule has 4 nitrogen and oxygen atoms in total. The highest BCUT2D eigenvalue weighted by Gasteiger charge is 2.65. The number of rotatable bonds is 2. The van der Waals surface area contributed by atoms with E-state index in [2.05, 4.69) is 5.32 Å². The quantitative estimate of drug-likeness (QED) is 0.734. The van der Waals surface area contributed by atoms with E-state index in [1.807, 2.05) is 13.8 Å². The van der Waals surface area contributed by atoms with Gasteiger partial charge in [-0.15, -0.1) is 0 Å². The minimum atomic E-state index is -0.494. The smallest absolute Gasteiger partial charge is 0.228 e. The summed E-state index contributed by atoms with van der Waals surface area (Å²) in [6, 6.07) is 0. The third kappa shape index (κ3) is 1.32. The van der Waals surface area contributed by atoms with E-state index in [1.54, 1.807) is 7.05 Å². The van der Waals surface area contributed by atoms with Crippen LogP contribution in [0.3, 0.4) is 0 Å². The molecule has 0 unspecified atom stereocenters. The summed E-state index contributed by atoms with van der Waals surface area (Å²) in [5.41, 5.74) is -1.46. The van der Waals surface area contributed by atoms with Crippen LogP contribution in [-0.2, 0) is 9.53 Å². The summed E-state index contributed by atoms with van der Waals surface area (Å²) < 4.78 is 6.02. The van der Waals surface area contributed by atoms with E-state index in [0.717, 1.165) is 19.3 Å². The van der Waals surface area contributed by atoms with Crippen molar-refractivity contribution < 1.29 is 14.6 Å². The van der Waals surface area contributed by atoms with E-state index in [1.165, 1.54) is 0 Å². The molecule has 2 bridgehead atoms. The summed E-state index contributed by atoms with van der Waals surface area (Å²) >= 11 is 0. The Hall–Kier alpha value is -0.610. The second-order valence-corrected chi connectivity index (χ2v) is 5.65. The van der Waals surface area contributed by atoms with Gasteiger partial charge in [0.1, 0.15) is 0 Å². The molecule has 0 aromatic rings. The van der Waals surface area contributed by atoms with Gasteiger partial charge in [-0.2, -0.15) is 0 Å². The Balaban J connectivity index is 2.41. The first kappa shape index (κ1) is 11.9. The summed E-state index contributed by atoms with van der Waals surface area (Å²) in [5, 5.41) is 12.3. The first-order chi connectivity index (χ1) is 7.41. The largest absolute Gasteiger partial charge is 0.393 e. The molecule has 2 N–H and O–H groups in total. The number of nitrogens with one attached hydrogen (secondary N) is 1. The predicted molar refractivity (Wildman–Crippen MR) is 59.9 cm³/mol. The van der Waals surface area contributed by atoms with E-state index >= 15 is 0 Å². The molecule has 1 aliphatic heterocycles. The highest BCUT2D eigenvalue weighted by atomic mass is 16.5. The van der Waals surface area contributed by atoms with Gasteiger partial charge in [0.2, 0.25) is 5.91 Å². The average molecular weight is 227 g/mol. The van der Waals surface area contributed by atoms with E-state index in [0.29, 0.717) is 6.42 Å². The fourth-order valence-electron chi connectivity index (χ4n) is 3.55. The Morgan fingerprint density at radius 3 is 2.69 bits per heavy atom. The van der Waals surface area contributed by atoms with Gasteiger partial charge in [-0.3, -0.25) is 4.79 Å². The molecule has 92 valence electrons. The molecule has 0 radical (unpaired) electrons. The van der Waals surface area contributed by atoms with E-state index in [9.17, 15) is 9.90 Å². The molecular formula is C12H21NO3. The lowest BCUT2D eigenvalue weighted by molar-refractivity contribution is -0.144. The van der Waals surface area contributed by atoms with E-state index < -0.39 is 16.6 Å². The monoisotopic (exact) mass is 227 g/mol. The van der Waals surface area contributed by atoms with Crippen LogP contribution >= 0.6 is 0 Å². The van der Waals surface area contributed by atoms with Gasteiger partial charge in [0.15, 0.2) is 0 Å². The fraction of sp³-hybridized carbons (Fsp3) is 0.917. The molecular weight excluding hydrogens is 206 g/mol. The summed E-state index contributed by atoms with van der Waals surface area (Å²) in [5.74, 6) is 0.0486. The van der Waals surface area contributed by atoms with Gasteiger partial charge in [-0.25, -0.2) is 0 Å². The van der Waals surface area contributed by atoms with Crippen molar-refractivity contribution in [3.8, 4) is 0 Å². The van der Waals surface area contributed by atoms with Gasteiger partial charge >= 0.3 is 0 Å². The van der Waals surface area contributed by atoms with Gasteiger partial charge in [0, 0.05) is 7.05 Å². The lowest BCUT2D eigenvalue weighted by atomic mass is 9.63. The zero-order chi connectivity index (χ0) is 12.0. The van der Waals surface area contributed by atoms with Crippen molar-refractivity contribution in [2.45, 2.75) is 50.7 Å². The van der Waals surface area contributed by atoms with Crippen molar-refractivity contribution in [2.75, 3.05) is 13.7 Å². The summed E-state index contributed by atoms with van der Waals surface area (Å²) in [6.45, 7) is 3.94. The first-order valence-corrected chi connectivity index (χ1v) is 5.95. The maximum atomic E-state index is 12.1. The summed E-state index contributed by atoms with van der Waals surface area (Å²) in [6.07, 6.45) is 3.29. The maximum Gasteiger partial charge on any atom is 0.228 e. The second kappa shape index (κ2) is 3.44. The number of hydrogen-bond donors (Lipinski definition) is 2. The van der Waals surface area contributed by atoms with Gasteiger partial charge in [0.05, 0.1) is 23.2 Å². The molecule has 1 heterocycles. The molecule has 1 saturated heterocycles. The van der Waals surface area contributed by atoms with Crippen LogP contribution in [0.25, 0.3) is 0 Å². The first-order valence-electron chi connectivity index (χ1n) is 5.95. The lowest BCUT2D eigenvalue weighted by Gasteiger charge is -2.38. The third-order valence-corrected chi connectivity index (χ3v) is 4.43. The van der Waals surface area contributed by atoms with Gasteiger partial charge in [0.25, 0.3) is 0 Å². The highest BCUT2D eigenvalue weighted by Crippen LogP contribution is 2.58. The van der Waals surface area contributed by atoms with Gasteiger partial charge in [-0.1, -0.05) is 0 Å². The molecule has 2 rings (SSSR count). The number of carbonyl (C=O) groups is 1. The van der Waals surface area contributed by atoms with Crippen molar-refractivity contribution in [1.82, 2.24) is 5.32 Å². The molecule has 4 heteroatoms. The van der Waals surface area contributed by atoms with Gasteiger partial charge in [-0.05, 0) is 39.5 Å². The van der Waals surface area contributed by atoms with Crippen LogP contribution in [0.2, 0.25) is 0 Å². The summed E-state index contributed by atoms with van der Waals surface area (Å²) in [7, 11) is 1.67. The van der Waals surface area contributed by atoms with Crippen LogP contribution in [-0.4, -0.2) is 35.9 Å². The third-order valence-electron chi connectivity index (χ3n) is 4.43. The number of ether oxygens (including phenoxy) is 1. The minimum absolute atomic E-state index is 0.00910. The van der Waals surface area contributed by atoms with Crippen molar-refractivity contribution in [2.24, 2.45) is 5.41 Å². The Labute approximate surface area is 96.4 Å². The zero-order valence-electron chi connectivity index (χ0n) is 10.3. The van der Waals surface area contributed by atoms with Crippen LogP contribution in [0.15, 0.2) is 0 Å². The molecule has 1 aliphatic carbocycles. The predicted octanol–water partition coefficient (Wildman–Crippen LogP) is 0.833. The molecule has 16 heavy (non-hydrogen) atoms. The van der Waals surface area contributed by atoms with Crippen LogP contribution in [0.4, 0.5) is 0 Å². The van der Waals surface area contributed by atoms with Crippen molar-refractivity contribution in [3.63, 3.8) is 0 Å². The van der Waals surface area contributed by atoms with Crippen LogP contribution in [0.5, 0.6) is 0 Å². The van der Waals surface area contributed by atoms with E-state index in [4.69, 9.17) is 4.74 Å². The molecule has 0 spiro atoms. The highest BCUT2D eigenvalue weighted by molar-refractivity contribution is 5.84. The standard InChI is InChI=1S/C12H21NO3/c1-10(2)12(9(15)13-3)6-4-5-11(7-12,8-14)16-10/h14H,4-8H2,1-3H3,(H,13,15)/t11-,12+/m1/s1. The number of amides is 1. The second-order valence-electron chi connectivity index (χ2n) is 5.65. The van der Waals surface area contributed by atoms with Crippen molar-refractivity contribution in [3.05, 3.63) is 0 Å². The molecule has 2 fully saturated rings. The fourth-order valence-corrected chi connectivity index (χ4v) is 3.55. The molecule has 2 aliphatic rings. The lowest BCUT2D eigenvalue weighted by Crippen LogP contribution is -2.51. The molecule has 1 amide bonds. The van der Waals surface area contributed by atoms with Crippen LogP contribution < -0.4 is 5.32 Å². The normalized spacial score (nSPS) is 40.8.